The smallest absolute Gasteiger partial charge is 0.409 e. The zero-order chi connectivity index (χ0) is 27.7. The fraction of sp³-hybridized carbons (Fsp3) is 0.556. The van der Waals surface area contributed by atoms with Gasteiger partial charge in [-0.05, 0) is 72.8 Å². The summed E-state index contributed by atoms with van der Waals surface area (Å²) >= 11 is 5.78. The number of alkyl halides is 1. The van der Waals surface area contributed by atoms with Crippen molar-refractivity contribution in [1.82, 2.24) is 4.67 Å². The van der Waals surface area contributed by atoms with Crippen LogP contribution in [0, 0.1) is 10.1 Å². The molecule has 0 aromatic carbocycles. The molecular formula is C27H42ClN2O6P. The Balaban J connectivity index is 2.81. The first kappa shape index (κ1) is 33.1. The summed E-state index contributed by atoms with van der Waals surface area (Å²) in [7, 11) is -2.01. The van der Waals surface area contributed by atoms with Crippen LogP contribution >= 0.6 is 19.3 Å². The minimum atomic E-state index is -3.68. The summed E-state index contributed by atoms with van der Waals surface area (Å²) < 4.78 is 31.6. The molecule has 0 saturated heterocycles. The molecule has 8 nitrogen and oxygen atoms in total. The van der Waals surface area contributed by atoms with Gasteiger partial charge in [-0.2, -0.15) is 0 Å². The first-order valence-corrected chi connectivity index (χ1v) is 14.6. The standard InChI is InChI=1S/C27H42ClN2O6P/c1-6-11-25(15-10-14-24(4)13-9-12-23(2)3)16-19-35-37(33,29(5)18-8-7-17-28)36-22-26-20-27(30(31)32)34-21-26/h6,12,14,16,20-21H,1,7-11,13,15,17-19,22H2,2-5H3/b24-14+,25-16+. The van der Waals surface area contributed by atoms with Gasteiger partial charge in [0.2, 0.25) is 0 Å². The second kappa shape index (κ2) is 18.3. The number of nitrogens with zero attached hydrogens (tertiary/aromatic N) is 2. The van der Waals surface area contributed by atoms with Crippen LogP contribution in [0.4, 0.5) is 5.88 Å². The lowest BCUT2D eigenvalue weighted by atomic mass is 10.0. The van der Waals surface area contributed by atoms with Gasteiger partial charge in [0.15, 0.2) is 0 Å². The van der Waals surface area contributed by atoms with Crippen molar-refractivity contribution in [3.63, 3.8) is 0 Å². The van der Waals surface area contributed by atoms with Crippen LogP contribution in [0.25, 0.3) is 0 Å². The van der Waals surface area contributed by atoms with Gasteiger partial charge in [0.1, 0.15) is 11.2 Å². The molecular weight excluding hydrogens is 515 g/mol. The van der Waals surface area contributed by atoms with E-state index in [4.69, 9.17) is 25.1 Å². The number of allylic oxidation sites excluding steroid dienone is 6. The lowest BCUT2D eigenvalue weighted by molar-refractivity contribution is -0.402. The van der Waals surface area contributed by atoms with Crippen LogP contribution in [0.2, 0.25) is 0 Å². The summed E-state index contributed by atoms with van der Waals surface area (Å²) in [6.07, 6.45) is 15.6. The molecule has 0 fully saturated rings. The minimum absolute atomic E-state index is 0.106. The lowest BCUT2D eigenvalue weighted by Gasteiger charge is -2.26. The number of unbranched alkanes of at least 4 members (excludes halogenated alkanes) is 1. The van der Waals surface area contributed by atoms with Gasteiger partial charge in [0.25, 0.3) is 0 Å². The number of rotatable bonds is 20. The van der Waals surface area contributed by atoms with Crippen LogP contribution in [0.5, 0.6) is 0 Å². The van der Waals surface area contributed by atoms with Gasteiger partial charge in [0.05, 0.1) is 19.3 Å². The van der Waals surface area contributed by atoms with Crippen molar-refractivity contribution in [1.29, 1.82) is 0 Å². The molecule has 0 amide bonds. The van der Waals surface area contributed by atoms with Gasteiger partial charge in [-0.25, -0.2) is 9.24 Å². The largest absolute Gasteiger partial charge is 0.433 e. The average Bonchev–Trinajstić information content (AvgIpc) is 3.32. The van der Waals surface area contributed by atoms with E-state index in [2.05, 4.69) is 39.5 Å². The van der Waals surface area contributed by atoms with E-state index < -0.39 is 18.6 Å². The highest BCUT2D eigenvalue weighted by atomic mass is 35.5. The maximum Gasteiger partial charge on any atom is 0.433 e. The van der Waals surface area contributed by atoms with E-state index in [1.54, 1.807) is 11.7 Å². The SMILES string of the molecule is C=CC/C(=C\COP(=O)(OCc1coc([N+](=O)[O-])c1)N(C)CCCCCl)CC/C=C(\C)CCC=C(C)C. The number of halogens is 1. The molecule has 1 aromatic rings. The van der Waals surface area contributed by atoms with Gasteiger partial charge in [-0.1, -0.05) is 41.0 Å². The molecule has 1 unspecified atom stereocenters. The van der Waals surface area contributed by atoms with Gasteiger partial charge < -0.3 is 4.42 Å². The zero-order valence-corrected chi connectivity index (χ0v) is 24.3. The topological polar surface area (TPSA) is 95.0 Å². The molecule has 37 heavy (non-hydrogen) atoms. The average molecular weight is 557 g/mol. The number of hydrogen-bond donors (Lipinski definition) is 0. The Bertz CT molecular complexity index is 981. The van der Waals surface area contributed by atoms with E-state index in [1.807, 2.05) is 12.2 Å². The van der Waals surface area contributed by atoms with Gasteiger partial charge >= 0.3 is 13.6 Å². The molecule has 0 aliphatic rings. The normalized spacial score (nSPS) is 14.0. The molecule has 0 saturated carbocycles. The summed E-state index contributed by atoms with van der Waals surface area (Å²) in [4.78, 5) is 10.2. The maximum absolute atomic E-state index is 13.6. The van der Waals surface area contributed by atoms with Crippen molar-refractivity contribution in [2.24, 2.45) is 0 Å². The first-order valence-electron chi connectivity index (χ1n) is 12.6. The van der Waals surface area contributed by atoms with Crippen LogP contribution in [-0.4, -0.2) is 35.7 Å². The van der Waals surface area contributed by atoms with Crippen LogP contribution < -0.4 is 0 Å². The van der Waals surface area contributed by atoms with Gasteiger partial charge in [0, 0.05) is 18.0 Å². The fourth-order valence-electron chi connectivity index (χ4n) is 3.40. The molecule has 1 atom stereocenters. The van der Waals surface area contributed by atoms with Crippen molar-refractivity contribution in [2.75, 3.05) is 26.1 Å². The highest BCUT2D eigenvalue weighted by Crippen LogP contribution is 2.52. The Morgan fingerprint density at radius 1 is 1.19 bits per heavy atom. The van der Waals surface area contributed by atoms with E-state index in [0.29, 0.717) is 24.4 Å². The van der Waals surface area contributed by atoms with Crippen LogP contribution in [0.15, 0.2) is 64.3 Å². The predicted molar refractivity (Wildman–Crippen MR) is 151 cm³/mol. The minimum Gasteiger partial charge on any atom is -0.409 e. The molecule has 0 radical (unpaired) electrons. The summed E-state index contributed by atoms with van der Waals surface area (Å²) in [6.45, 7) is 10.6. The van der Waals surface area contributed by atoms with Crippen molar-refractivity contribution in [2.45, 2.75) is 72.3 Å². The first-order chi connectivity index (χ1) is 17.6. The van der Waals surface area contributed by atoms with E-state index in [9.17, 15) is 14.7 Å². The van der Waals surface area contributed by atoms with E-state index >= 15 is 0 Å². The third kappa shape index (κ3) is 14.0. The zero-order valence-electron chi connectivity index (χ0n) is 22.6. The Morgan fingerprint density at radius 3 is 2.54 bits per heavy atom. The second-order valence-corrected chi connectivity index (χ2v) is 11.6. The lowest BCUT2D eigenvalue weighted by Crippen LogP contribution is -2.20. The fourth-order valence-corrected chi connectivity index (χ4v) is 5.02. The second-order valence-electron chi connectivity index (χ2n) is 9.13. The molecule has 0 aliphatic heterocycles. The Kier molecular flexibility index (Phi) is 16.4. The molecule has 1 aromatic heterocycles. The summed E-state index contributed by atoms with van der Waals surface area (Å²) in [6, 6.07) is 1.25. The Morgan fingerprint density at radius 2 is 1.92 bits per heavy atom. The van der Waals surface area contributed by atoms with Crippen LogP contribution in [0.3, 0.4) is 0 Å². The number of nitro groups is 1. The quantitative estimate of drug-likeness (QED) is 0.0395. The highest BCUT2D eigenvalue weighted by molar-refractivity contribution is 7.51. The van der Waals surface area contributed by atoms with Crippen LogP contribution in [-0.2, 0) is 20.2 Å². The third-order valence-electron chi connectivity index (χ3n) is 5.56. The molecule has 0 aliphatic carbocycles. The molecule has 208 valence electrons. The number of furan rings is 1. The molecule has 0 spiro atoms. The maximum atomic E-state index is 13.6. The highest BCUT2D eigenvalue weighted by Gasteiger charge is 2.31. The van der Waals surface area contributed by atoms with E-state index in [1.165, 1.54) is 23.5 Å². The van der Waals surface area contributed by atoms with E-state index in [-0.39, 0.29) is 13.2 Å². The van der Waals surface area contributed by atoms with Crippen molar-refractivity contribution >= 4 is 25.2 Å². The summed E-state index contributed by atoms with van der Waals surface area (Å²) in [5.41, 5.74) is 4.24. The predicted octanol–water partition coefficient (Wildman–Crippen LogP) is 8.76. The van der Waals surface area contributed by atoms with Gasteiger partial charge in [-0.15, -0.1) is 18.2 Å². The van der Waals surface area contributed by atoms with Crippen molar-refractivity contribution < 1.29 is 23.0 Å². The summed E-state index contributed by atoms with van der Waals surface area (Å²) in [5.74, 6) is 0.109. The molecule has 1 heterocycles. The Labute approximate surface area is 226 Å². The monoisotopic (exact) mass is 556 g/mol. The Hall–Kier alpha value is -1.96. The summed E-state index contributed by atoms with van der Waals surface area (Å²) in [5, 5.41) is 10.9. The van der Waals surface area contributed by atoms with Crippen molar-refractivity contribution in [3.8, 4) is 0 Å². The molecule has 0 N–H and O–H groups in total. The number of hydrogen-bond acceptors (Lipinski definition) is 6. The molecule has 1 rings (SSSR count). The van der Waals surface area contributed by atoms with Crippen molar-refractivity contribution in [3.05, 3.63) is 75.6 Å². The van der Waals surface area contributed by atoms with Gasteiger partial charge in [-0.3, -0.25) is 19.2 Å². The third-order valence-corrected chi connectivity index (χ3v) is 7.80. The molecule has 0 bridgehead atoms. The molecule has 10 heteroatoms. The van der Waals surface area contributed by atoms with Crippen LogP contribution in [0.1, 0.15) is 71.3 Å². The van der Waals surface area contributed by atoms with E-state index in [0.717, 1.165) is 44.1 Å².